The molecule has 7 N–H and O–H groups in total. The fraction of sp³-hybridized carbons (Fsp3) is 0.360. The molecule has 0 aliphatic carbocycles. The highest BCUT2D eigenvalue weighted by molar-refractivity contribution is 7.13. The molecule has 238 valence electrons. The van der Waals surface area contributed by atoms with Crippen molar-refractivity contribution in [3.05, 3.63) is 34.3 Å². The normalized spacial score (nSPS) is 23.2. The SMILES string of the molecule is CC(C)(O/N=C(\C(=O)N[C@H]1CON(C2(C(=O)O)C[C@H](N3Cc4cc(O)c(O)cc4C3=O)C(=O)O2)C1=O)c1csc(N)n1)C(=O)O. The summed E-state index contributed by atoms with van der Waals surface area (Å²) in [5.41, 5.74) is 0.567. The minimum Gasteiger partial charge on any atom is -0.504 e. The third-order valence-corrected chi connectivity index (χ3v) is 7.79. The maximum absolute atomic E-state index is 13.4. The Hall–Kier alpha value is -5.50. The number of hydrogen-bond acceptors (Lipinski definition) is 15. The van der Waals surface area contributed by atoms with Crippen molar-refractivity contribution in [2.24, 2.45) is 5.16 Å². The second kappa shape index (κ2) is 10.9. The highest BCUT2D eigenvalue weighted by Crippen LogP contribution is 2.40. The number of nitrogens with two attached hydrogens (primary N) is 1. The number of cyclic esters (lactones) is 1. The van der Waals surface area contributed by atoms with Crippen LogP contribution in [0, 0.1) is 0 Å². The van der Waals surface area contributed by atoms with Gasteiger partial charge >= 0.3 is 23.6 Å². The van der Waals surface area contributed by atoms with Gasteiger partial charge in [0.2, 0.25) is 5.60 Å². The molecule has 20 heteroatoms. The lowest BCUT2D eigenvalue weighted by Gasteiger charge is -2.31. The third kappa shape index (κ3) is 5.29. The second-order valence-corrected chi connectivity index (χ2v) is 11.4. The molecule has 0 radical (unpaired) electrons. The fourth-order valence-corrected chi connectivity index (χ4v) is 5.20. The number of amides is 3. The van der Waals surface area contributed by atoms with Gasteiger partial charge < -0.3 is 46.0 Å². The Kier molecular flexibility index (Phi) is 7.49. The average Bonchev–Trinajstić information content (AvgIpc) is 3.71. The number of anilines is 1. The summed E-state index contributed by atoms with van der Waals surface area (Å²) >= 11 is 0.929. The second-order valence-electron chi connectivity index (χ2n) is 10.5. The van der Waals surface area contributed by atoms with E-state index in [-0.39, 0.29) is 33.6 Å². The average molecular weight is 649 g/mol. The highest BCUT2D eigenvalue weighted by atomic mass is 32.1. The standard InChI is InChI=1S/C25H24N6O13S/c1-24(2,21(38)39)44-29-16(12-8-45-23(26)28-12)17(34)27-11-7-42-31(19(11)36)25(22(40)41)5-13(20(37)43-25)30-6-9-3-14(32)15(33)4-10(9)18(30)35/h3-4,8,11,13,32-33H,5-7H2,1-2H3,(H2,26,28)(H,27,34)(H,38,39)(H,40,41)/b29-16-/t11-,13-,25?/m0/s1. The first-order valence-electron chi connectivity index (χ1n) is 12.9. The minimum atomic E-state index is -2.74. The molecule has 0 bridgehead atoms. The molecule has 1 aromatic heterocycles. The third-order valence-electron chi connectivity index (χ3n) is 7.12. The Bertz CT molecular complexity index is 1690. The monoisotopic (exact) mass is 648 g/mol. The van der Waals surface area contributed by atoms with Crippen molar-refractivity contribution >= 4 is 57.8 Å². The van der Waals surface area contributed by atoms with Gasteiger partial charge in [0.25, 0.3) is 17.7 Å². The quantitative estimate of drug-likeness (QED) is 0.0800. The zero-order valence-corrected chi connectivity index (χ0v) is 24.1. The van der Waals surface area contributed by atoms with Crippen molar-refractivity contribution in [2.45, 2.75) is 50.2 Å². The number of thiazole rings is 1. The summed E-state index contributed by atoms with van der Waals surface area (Å²) in [6, 6.07) is -0.940. The highest BCUT2D eigenvalue weighted by Gasteiger charge is 2.64. The van der Waals surface area contributed by atoms with Gasteiger partial charge in [-0.2, -0.15) is 5.06 Å². The van der Waals surface area contributed by atoms with E-state index in [0.29, 0.717) is 0 Å². The molecule has 45 heavy (non-hydrogen) atoms. The van der Waals surface area contributed by atoms with E-state index in [1.807, 2.05) is 0 Å². The maximum atomic E-state index is 13.4. The molecule has 2 fully saturated rings. The van der Waals surface area contributed by atoms with Crippen molar-refractivity contribution in [3.8, 4) is 11.5 Å². The molecule has 3 aliphatic heterocycles. The van der Waals surface area contributed by atoms with E-state index in [9.17, 15) is 49.2 Å². The predicted octanol–water partition coefficient (Wildman–Crippen LogP) is -1.27. The van der Waals surface area contributed by atoms with E-state index in [1.165, 1.54) is 19.2 Å². The molecule has 1 aromatic carbocycles. The number of hydroxylamine groups is 2. The van der Waals surface area contributed by atoms with Crippen molar-refractivity contribution in [3.63, 3.8) is 0 Å². The number of aromatic nitrogens is 1. The number of benzene rings is 1. The first-order valence-corrected chi connectivity index (χ1v) is 13.7. The molecule has 3 aliphatic rings. The number of fused-ring (bicyclic) bond motifs is 1. The van der Waals surface area contributed by atoms with Gasteiger partial charge in [-0.1, -0.05) is 5.16 Å². The molecule has 4 heterocycles. The number of nitrogen functional groups attached to an aromatic ring is 1. The van der Waals surface area contributed by atoms with E-state index < -0.39 is 89.3 Å². The van der Waals surface area contributed by atoms with Gasteiger partial charge in [-0.25, -0.2) is 19.4 Å². The molecule has 3 amide bonds. The molecule has 0 spiro atoms. The van der Waals surface area contributed by atoms with Crippen LogP contribution in [0.1, 0.15) is 41.9 Å². The molecule has 2 aromatic rings. The Morgan fingerprint density at radius 2 is 1.89 bits per heavy atom. The summed E-state index contributed by atoms with van der Waals surface area (Å²) in [6.45, 7) is 1.47. The topological polar surface area (TPSA) is 281 Å². The zero-order chi connectivity index (χ0) is 33.0. The first kappa shape index (κ1) is 30.9. The number of phenols is 2. The van der Waals surface area contributed by atoms with E-state index in [1.54, 1.807) is 0 Å². The number of carboxylic acid groups (broad SMARTS) is 2. The number of nitrogens with one attached hydrogen (secondary N) is 1. The number of phenolic OH excluding ortho intramolecular Hbond substituents is 2. The van der Waals surface area contributed by atoms with Crippen molar-refractivity contribution in [1.82, 2.24) is 20.3 Å². The van der Waals surface area contributed by atoms with Gasteiger partial charge in [0, 0.05) is 17.5 Å². The summed E-state index contributed by atoms with van der Waals surface area (Å²) in [6.07, 6.45) is -0.770. The zero-order valence-electron chi connectivity index (χ0n) is 23.2. The van der Waals surface area contributed by atoms with Crippen LogP contribution in [0.15, 0.2) is 22.7 Å². The number of oxime groups is 1. The van der Waals surface area contributed by atoms with Crippen LogP contribution in [-0.4, -0.2) is 107 Å². The van der Waals surface area contributed by atoms with E-state index in [2.05, 4.69) is 15.5 Å². The van der Waals surface area contributed by atoms with E-state index in [0.717, 1.165) is 28.4 Å². The number of esters is 1. The number of carboxylic acids is 2. The van der Waals surface area contributed by atoms with E-state index >= 15 is 0 Å². The number of carbonyl (C=O) groups excluding carboxylic acids is 4. The van der Waals surface area contributed by atoms with Crippen molar-refractivity contribution in [1.29, 1.82) is 0 Å². The van der Waals surface area contributed by atoms with E-state index in [4.69, 9.17) is 20.1 Å². The lowest BCUT2D eigenvalue weighted by atomic mass is 10.0. The number of rotatable bonds is 9. The number of carbonyl (C=O) groups is 6. The molecule has 1 unspecified atom stereocenters. The van der Waals surface area contributed by atoms with Crippen LogP contribution in [0.3, 0.4) is 0 Å². The number of nitrogens with zero attached hydrogens (tertiary/aromatic N) is 4. The summed E-state index contributed by atoms with van der Waals surface area (Å²) < 4.78 is 5.17. The Morgan fingerprint density at radius 3 is 2.51 bits per heavy atom. The van der Waals surface area contributed by atoms with Gasteiger partial charge in [0.05, 0.1) is 6.42 Å². The molecular formula is C25H24N6O13S. The van der Waals surface area contributed by atoms with Crippen LogP contribution in [0.25, 0.3) is 0 Å². The molecular weight excluding hydrogens is 624 g/mol. The lowest BCUT2D eigenvalue weighted by molar-refractivity contribution is -0.256. The number of aliphatic carboxylic acids is 2. The number of aromatic hydroxyl groups is 2. The number of hydrogen-bond donors (Lipinski definition) is 6. The largest absolute Gasteiger partial charge is 0.504 e. The summed E-state index contributed by atoms with van der Waals surface area (Å²) in [5, 5.41) is 46.5. The van der Waals surface area contributed by atoms with Gasteiger partial charge in [-0.05, 0) is 31.5 Å². The molecule has 5 rings (SSSR count). The Labute approximate surface area is 255 Å². The van der Waals surface area contributed by atoms with Crippen molar-refractivity contribution < 1.29 is 63.6 Å². The molecule has 2 saturated heterocycles. The van der Waals surface area contributed by atoms with Crippen molar-refractivity contribution in [2.75, 3.05) is 12.3 Å². The summed E-state index contributed by atoms with van der Waals surface area (Å²) in [4.78, 5) is 91.7. The van der Waals surface area contributed by atoms with Gasteiger partial charge in [-0.15, -0.1) is 11.3 Å². The van der Waals surface area contributed by atoms with Crippen LogP contribution >= 0.6 is 11.3 Å². The van der Waals surface area contributed by atoms with Crippen LogP contribution in [0.2, 0.25) is 0 Å². The number of ether oxygens (including phenoxy) is 1. The Morgan fingerprint density at radius 1 is 1.20 bits per heavy atom. The van der Waals surface area contributed by atoms with Crippen LogP contribution in [-0.2, 0) is 44.9 Å². The minimum absolute atomic E-state index is 0.0303. The molecule has 0 saturated carbocycles. The maximum Gasteiger partial charge on any atom is 0.372 e. The fourth-order valence-electron chi connectivity index (χ4n) is 4.65. The van der Waals surface area contributed by atoms with Crippen LogP contribution < -0.4 is 11.1 Å². The van der Waals surface area contributed by atoms with Gasteiger partial charge in [0.15, 0.2) is 22.3 Å². The summed E-state index contributed by atoms with van der Waals surface area (Å²) in [5.74, 6) is -8.48. The predicted molar refractivity (Wildman–Crippen MR) is 145 cm³/mol. The van der Waals surface area contributed by atoms with Gasteiger partial charge in [-0.3, -0.25) is 19.2 Å². The Balaban J connectivity index is 1.35. The van der Waals surface area contributed by atoms with Crippen LogP contribution in [0.4, 0.5) is 5.13 Å². The smallest absolute Gasteiger partial charge is 0.372 e. The van der Waals surface area contributed by atoms with Crippen LogP contribution in [0.5, 0.6) is 11.5 Å². The lowest BCUT2D eigenvalue weighted by Crippen LogP contribution is -2.57. The van der Waals surface area contributed by atoms with Gasteiger partial charge in [0.1, 0.15) is 24.4 Å². The molecule has 19 nitrogen and oxygen atoms in total. The first-order chi connectivity index (χ1) is 21.1. The summed E-state index contributed by atoms with van der Waals surface area (Å²) in [7, 11) is 0. The molecule has 3 atom stereocenters.